The zero-order chi connectivity index (χ0) is 13.1. The lowest BCUT2D eigenvalue weighted by atomic mass is 10.1. The van der Waals surface area contributed by atoms with Gasteiger partial charge in [-0.05, 0) is 25.7 Å². The van der Waals surface area contributed by atoms with E-state index in [2.05, 4.69) is 41.4 Å². The van der Waals surface area contributed by atoms with Gasteiger partial charge in [0.05, 0.1) is 0 Å². The molecule has 0 spiro atoms. The summed E-state index contributed by atoms with van der Waals surface area (Å²) in [6.07, 6.45) is 4.76. The topological polar surface area (TPSA) is 49.8 Å². The fraction of sp³-hybridized carbons (Fsp3) is 0.714. The second kappa shape index (κ2) is 5.55. The first-order valence-electron chi connectivity index (χ1n) is 6.97. The Bertz CT molecular complexity index is 417. The molecule has 1 saturated carbocycles. The van der Waals surface area contributed by atoms with Crippen LogP contribution in [0.4, 0.5) is 11.6 Å². The molecule has 1 aliphatic carbocycles. The number of aryl methyl sites for hydroxylation is 1. The van der Waals surface area contributed by atoms with Gasteiger partial charge in [-0.1, -0.05) is 20.3 Å². The second-order valence-corrected chi connectivity index (χ2v) is 5.22. The molecule has 1 fully saturated rings. The van der Waals surface area contributed by atoms with Crippen LogP contribution in [-0.2, 0) is 6.42 Å². The van der Waals surface area contributed by atoms with Gasteiger partial charge >= 0.3 is 0 Å². The van der Waals surface area contributed by atoms with E-state index in [0.717, 1.165) is 35.4 Å². The highest BCUT2D eigenvalue weighted by Gasteiger charge is 2.24. The Hall–Kier alpha value is -1.32. The zero-order valence-corrected chi connectivity index (χ0v) is 11.9. The SMILES string of the molecule is CCc1nc(NC)c(C)c(NC2CCCC2C)n1. The smallest absolute Gasteiger partial charge is 0.135 e. The normalized spacial score (nSPS) is 23.1. The maximum Gasteiger partial charge on any atom is 0.135 e. The molecule has 1 aromatic rings. The lowest BCUT2D eigenvalue weighted by Gasteiger charge is -2.20. The molecular formula is C14H24N4. The summed E-state index contributed by atoms with van der Waals surface area (Å²) >= 11 is 0. The zero-order valence-electron chi connectivity index (χ0n) is 11.9. The highest BCUT2D eigenvalue weighted by molar-refractivity contribution is 5.57. The molecule has 4 nitrogen and oxygen atoms in total. The quantitative estimate of drug-likeness (QED) is 0.860. The summed E-state index contributed by atoms with van der Waals surface area (Å²) in [6.45, 7) is 6.49. The van der Waals surface area contributed by atoms with Crippen LogP contribution in [0.3, 0.4) is 0 Å². The van der Waals surface area contributed by atoms with Crippen LogP contribution in [0.15, 0.2) is 0 Å². The minimum atomic E-state index is 0.563. The van der Waals surface area contributed by atoms with E-state index in [9.17, 15) is 0 Å². The lowest BCUT2D eigenvalue weighted by Crippen LogP contribution is -2.23. The van der Waals surface area contributed by atoms with E-state index in [1.165, 1.54) is 19.3 Å². The molecule has 100 valence electrons. The van der Waals surface area contributed by atoms with Gasteiger partial charge in [-0.15, -0.1) is 0 Å². The van der Waals surface area contributed by atoms with Gasteiger partial charge in [-0.3, -0.25) is 0 Å². The Labute approximate surface area is 110 Å². The number of aromatic nitrogens is 2. The van der Waals surface area contributed by atoms with Crippen molar-refractivity contribution >= 4 is 11.6 Å². The number of hydrogen-bond donors (Lipinski definition) is 2. The monoisotopic (exact) mass is 248 g/mol. The summed E-state index contributed by atoms with van der Waals surface area (Å²) in [7, 11) is 1.91. The predicted octanol–water partition coefficient (Wildman–Crippen LogP) is 2.99. The fourth-order valence-corrected chi connectivity index (χ4v) is 2.64. The number of nitrogens with zero attached hydrogens (tertiary/aromatic N) is 2. The van der Waals surface area contributed by atoms with Crippen molar-refractivity contribution in [1.82, 2.24) is 9.97 Å². The molecular weight excluding hydrogens is 224 g/mol. The van der Waals surface area contributed by atoms with E-state index in [4.69, 9.17) is 0 Å². The molecule has 0 radical (unpaired) electrons. The minimum absolute atomic E-state index is 0.563. The van der Waals surface area contributed by atoms with Crippen molar-refractivity contribution in [3.63, 3.8) is 0 Å². The third-order valence-electron chi connectivity index (χ3n) is 3.93. The van der Waals surface area contributed by atoms with E-state index >= 15 is 0 Å². The fourth-order valence-electron chi connectivity index (χ4n) is 2.64. The maximum atomic E-state index is 4.64. The molecule has 4 heteroatoms. The van der Waals surface area contributed by atoms with E-state index in [1.807, 2.05) is 7.05 Å². The predicted molar refractivity (Wildman–Crippen MR) is 76.1 cm³/mol. The third kappa shape index (κ3) is 2.57. The van der Waals surface area contributed by atoms with Gasteiger partial charge in [-0.25, -0.2) is 9.97 Å². The van der Waals surface area contributed by atoms with E-state index in [-0.39, 0.29) is 0 Å². The first-order valence-corrected chi connectivity index (χ1v) is 6.97. The van der Waals surface area contributed by atoms with Crippen LogP contribution >= 0.6 is 0 Å². The van der Waals surface area contributed by atoms with Crippen LogP contribution in [0.25, 0.3) is 0 Å². The number of rotatable bonds is 4. The van der Waals surface area contributed by atoms with Gasteiger partial charge in [0.2, 0.25) is 0 Å². The van der Waals surface area contributed by atoms with Crippen LogP contribution in [0.2, 0.25) is 0 Å². The molecule has 2 rings (SSSR count). The maximum absolute atomic E-state index is 4.64. The molecule has 1 heterocycles. The Morgan fingerprint density at radius 1 is 1.22 bits per heavy atom. The molecule has 0 saturated heterocycles. The van der Waals surface area contributed by atoms with Crippen LogP contribution in [0.1, 0.15) is 44.5 Å². The Morgan fingerprint density at radius 2 is 1.94 bits per heavy atom. The van der Waals surface area contributed by atoms with Crippen LogP contribution in [0, 0.1) is 12.8 Å². The number of anilines is 2. The molecule has 2 unspecified atom stereocenters. The highest BCUT2D eigenvalue weighted by atomic mass is 15.1. The molecule has 2 atom stereocenters. The van der Waals surface area contributed by atoms with Crippen molar-refractivity contribution in [2.45, 2.75) is 52.5 Å². The number of nitrogens with one attached hydrogen (secondary N) is 2. The van der Waals surface area contributed by atoms with Gasteiger partial charge in [-0.2, -0.15) is 0 Å². The highest BCUT2D eigenvalue weighted by Crippen LogP contribution is 2.29. The molecule has 0 bridgehead atoms. The first kappa shape index (κ1) is 13.1. The summed E-state index contributed by atoms with van der Waals surface area (Å²) in [5.74, 6) is 3.58. The van der Waals surface area contributed by atoms with Gasteiger partial charge in [0.15, 0.2) is 0 Å². The minimum Gasteiger partial charge on any atom is -0.373 e. The molecule has 18 heavy (non-hydrogen) atoms. The van der Waals surface area contributed by atoms with Crippen molar-refractivity contribution in [2.24, 2.45) is 5.92 Å². The molecule has 0 aromatic carbocycles. The molecule has 2 N–H and O–H groups in total. The van der Waals surface area contributed by atoms with Gasteiger partial charge in [0.1, 0.15) is 17.5 Å². The van der Waals surface area contributed by atoms with Crippen molar-refractivity contribution < 1.29 is 0 Å². The lowest BCUT2D eigenvalue weighted by molar-refractivity contribution is 0.554. The standard InChI is InChI=1S/C14H24N4/c1-5-12-17-13(15-4)10(3)14(18-12)16-11-8-6-7-9(11)2/h9,11H,5-8H2,1-4H3,(H2,15,16,17,18). The van der Waals surface area contributed by atoms with Crippen LogP contribution in [0.5, 0.6) is 0 Å². The van der Waals surface area contributed by atoms with Gasteiger partial charge in [0, 0.05) is 25.1 Å². The Morgan fingerprint density at radius 3 is 2.50 bits per heavy atom. The number of hydrogen-bond acceptors (Lipinski definition) is 4. The van der Waals surface area contributed by atoms with Crippen molar-refractivity contribution in [2.75, 3.05) is 17.7 Å². The summed E-state index contributed by atoms with van der Waals surface area (Å²) in [6, 6.07) is 0.563. The molecule has 1 aliphatic rings. The van der Waals surface area contributed by atoms with Crippen molar-refractivity contribution in [1.29, 1.82) is 0 Å². The third-order valence-corrected chi connectivity index (χ3v) is 3.93. The summed E-state index contributed by atoms with van der Waals surface area (Å²) in [5.41, 5.74) is 1.12. The second-order valence-electron chi connectivity index (χ2n) is 5.22. The average molecular weight is 248 g/mol. The van der Waals surface area contributed by atoms with Crippen molar-refractivity contribution in [3.8, 4) is 0 Å². The largest absolute Gasteiger partial charge is 0.373 e. The van der Waals surface area contributed by atoms with Crippen LogP contribution in [-0.4, -0.2) is 23.1 Å². The van der Waals surface area contributed by atoms with E-state index < -0.39 is 0 Å². The van der Waals surface area contributed by atoms with Gasteiger partial charge in [0.25, 0.3) is 0 Å². The van der Waals surface area contributed by atoms with E-state index in [1.54, 1.807) is 0 Å². The van der Waals surface area contributed by atoms with Crippen LogP contribution < -0.4 is 10.6 Å². The van der Waals surface area contributed by atoms with Gasteiger partial charge < -0.3 is 10.6 Å². The summed E-state index contributed by atoms with van der Waals surface area (Å²) in [5, 5.41) is 6.77. The summed E-state index contributed by atoms with van der Waals surface area (Å²) < 4.78 is 0. The summed E-state index contributed by atoms with van der Waals surface area (Å²) in [4.78, 5) is 9.14. The Balaban J connectivity index is 2.25. The Kier molecular flexibility index (Phi) is 4.04. The molecule has 1 aromatic heterocycles. The van der Waals surface area contributed by atoms with E-state index in [0.29, 0.717) is 6.04 Å². The van der Waals surface area contributed by atoms with Crippen molar-refractivity contribution in [3.05, 3.63) is 11.4 Å². The average Bonchev–Trinajstić information content (AvgIpc) is 2.77. The first-order chi connectivity index (χ1) is 8.65. The molecule has 0 aliphatic heterocycles. The molecule has 0 amide bonds.